The number of nitrogens with zero attached hydrogens (tertiary/aromatic N) is 1. The number of nitrogens with two attached hydrogens (primary N) is 1. The van der Waals surface area contributed by atoms with Gasteiger partial charge in [-0.3, -0.25) is 9.29 Å². The summed E-state index contributed by atoms with van der Waals surface area (Å²) in [5.74, 6) is 0. The summed E-state index contributed by atoms with van der Waals surface area (Å²) in [4.78, 5) is 2.37. The molecule has 0 aliphatic heterocycles. The van der Waals surface area contributed by atoms with E-state index in [0.29, 0.717) is 19.0 Å². The highest BCUT2D eigenvalue weighted by atomic mass is 19.1. The van der Waals surface area contributed by atoms with Crippen LogP contribution in [0.3, 0.4) is 0 Å². The first kappa shape index (κ1) is 10.9. The number of alkyl halides is 1. The van der Waals surface area contributed by atoms with Crippen LogP contribution in [0, 0.1) is 0 Å². The molecule has 3 heteroatoms. The summed E-state index contributed by atoms with van der Waals surface area (Å²) in [7, 11) is 0. The molecule has 1 aliphatic carbocycles. The Morgan fingerprint density at radius 3 is 2.46 bits per heavy atom. The predicted molar refractivity (Wildman–Crippen MR) is 53.5 cm³/mol. The molecule has 1 fully saturated rings. The van der Waals surface area contributed by atoms with Crippen molar-refractivity contribution in [2.75, 3.05) is 26.3 Å². The second-order valence-corrected chi connectivity index (χ2v) is 3.81. The van der Waals surface area contributed by atoms with E-state index in [1.807, 2.05) is 0 Å². The van der Waals surface area contributed by atoms with Crippen molar-refractivity contribution in [3.63, 3.8) is 0 Å². The van der Waals surface area contributed by atoms with Crippen molar-refractivity contribution < 1.29 is 4.39 Å². The van der Waals surface area contributed by atoms with Crippen LogP contribution in [0.4, 0.5) is 4.39 Å². The van der Waals surface area contributed by atoms with E-state index in [2.05, 4.69) is 4.90 Å². The molecule has 0 radical (unpaired) electrons. The van der Waals surface area contributed by atoms with Gasteiger partial charge < -0.3 is 5.73 Å². The number of hydrogen-bond acceptors (Lipinski definition) is 2. The highest BCUT2D eigenvalue weighted by Crippen LogP contribution is 2.23. The number of rotatable bonds is 6. The molecule has 0 aromatic heterocycles. The van der Waals surface area contributed by atoms with Gasteiger partial charge in [-0.1, -0.05) is 12.8 Å². The standard InChI is InChI=1S/C10H21FN2/c11-6-3-8-13(9-7-12)10-4-1-2-5-10/h10H,1-9,12H2. The van der Waals surface area contributed by atoms with Crippen molar-refractivity contribution in [2.24, 2.45) is 5.73 Å². The lowest BCUT2D eigenvalue weighted by Gasteiger charge is -2.27. The Bertz CT molecular complexity index is 124. The minimum absolute atomic E-state index is 0.201. The summed E-state index contributed by atoms with van der Waals surface area (Å²) in [6.07, 6.45) is 5.90. The van der Waals surface area contributed by atoms with E-state index in [-0.39, 0.29) is 6.67 Å². The SMILES string of the molecule is NCCN(CCCF)C1CCCC1. The molecule has 0 aromatic carbocycles. The lowest BCUT2D eigenvalue weighted by Crippen LogP contribution is -2.38. The summed E-state index contributed by atoms with van der Waals surface area (Å²) in [5.41, 5.74) is 5.53. The molecule has 0 amide bonds. The molecule has 0 heterocycles. The van der Waals surface area contributed by atoms with Gasteiger partial charge in [-0.15, -0.1) is 0 Å². The maximum absolute atomic E-state index is 12.0. The Kier molecular flexibility index (Phi) is 5.32. The van der Waals surface area contributed by atoms with Gasteiger partial charge in [0.1, 0.15) is 0 Å². The number of halogens is 1. The molecule has 0 saturated heterocycles. The monoisotopic (exact) mass is 188 g/mol. The smallest absolute Gasteiger partial charge is 0.0906 e. The fourth-order valence-electron chi connectivity index (χ4n) is 2.18. The van der Waals surface area contributed by atoms with E-state index in [1.54, 1.807) is 0 Å². The normalized spacial score (nSPS) is 18.7. The van der Waals surface area contributed by atoms with E-state index in [4.69, 9.17) is 5.73 Å². The molecule has 0 bridgehead atoms. The lowest BCUT2D eigenvalue weighted by atomic mass is 10.2. The Morgan fingerprint density at radius 2 is 1.92 bits per heavy atom. The van der Waals surface area contributed by atoms with Gasteiger partial charge in [-0.25, -0.2) is 0 Å². The molecule has 1 rings (SSSR count). The average molecular weight is 188 g/mol. The van der Waals surface area contributed by atoms with Crippen molar-refractivity contribution in [1.82, 2.24) is 4.90 Å². The van der Waals surface area contributed by atoms with Gasteiger partial charge in [0.15, 0.2) is 0 Å². The van der Waals surface area contributed by atoms with Crippen molar-refractivity contribution in [1.29, 1.82) is 0 Å². The van der Waals surface area contributed by atoms with Gasteiger partial charge in [-0.05, 0) is 19.3 Å². The molecule has 13 heavy (non-hydrogen) atoms. The van der Waals surface area contributed by atoms with Gasteiger partial charge in [0, 0.05) is 25.7 Å². The summed E-state index contributed by atoms with van der Waals surface area (Å²) in [5, 5.41) is 0. The maximum Gasteiger partial charge on any atom is 0.0906 e. The van der Waals surface area contributed by atoms with Crippen LogP contribution in [-0.2, 0) is 0 Å². The largest absolute Gasteiger partial charge is 0.329 e. The van der Waals surface area contributed by atoms with Gasteiger partial charge in [0.05, 0.1) is 6.67 Å². The molecule has 0 aromatic rings. The first-order chi connectivity index (χ1) is 6.38. The maximum atomic E-state index is 12.0. The third kappa shape index (κ3) is 3.61. The minimum atomic E-state index is -0.201. The Hall–Kier alpha value is -0.150. The van der Waals surface area contributed by atoms with Crippen LogP contribution < -0.4 is 5.73 Å². The van der Waals surface area contributed by atoms with E-state index < -0.39 is 0 Å². The molecule has 0 atom stereocenters. The molecular weight excluding hydrogens is 167 g/mol. The van der Waals surface area contributed by atoms with E-state index in [1.165, 1.54) is 25.7 Å². The molecule has 0 unspecified atom stereocenters. The summed E-state index contributed by atoms with van der Waals surface area (Å²) >= 11 is 0. The van der Waals surface area contributed by atoms with E-state index in [9.17, 15) is 4.39 Å². The zero-order valence-corrected chi connectivity index (χ0v) is 8.34. The van der Waals surface area contributed by atoms with Gasteiger partial charge in [0.25, 0.3) is 0 Å². The Balaban J connectivity index is 2.26. The summed E-state index contributed by atoms with van der Waals surface area (Å²) in [6.45, 7) is 2.32. The third-order valence-corrected chi connectivity index (χ3v) is 2.84. The van der Waals surface area contributed by atoms with Gasteiger partial charge in [0.2, 0.25) is 0 Å². The van der Waals surface area contributed by atoms with E-state index >= 15 is 0 Å². The second-order valence-electron chi connectivity index (χ2n) is 3.81. The van der Waals surface area contributed by atoms with Crippen LogP contribution in [0.15, 0.2) is 0 Å². The van der Waals surface area contributed by atoms with Crippen molar-refractivity contribution >= 4 is 0 Å². The van der Waals surface area contributed by atoms with Crippen molar-refractivity contribution in [2.45, 2.75) is 38.1 Å². The second kappa shape index (κ2) is 6.33. The molecule has 1 saturated carbocycles. The molecule has 2 nitrogen and oxygen atoms in total. The zero-order valence-electron chi connectivity index (χ0n) is 8.34. The lowest BCUT2D eigenvalue weighted by molar-refractivity contribution is 0.195. The highest BCUT2D eigenvalue weighted by molar-refractivity contribution is 4.77. The van der Waals surface area contributed by atoms with Crippen LogP contribution in [-0.4, -0.2) is 37.3 Å². The molecular formula is C10H21FN2. The quantitative estimate of drug-likeness (QED) is 0.685. The van der Waals surface area contributed by atoms with Crippen LogP contribution >= 0.6 is 0 Å². The fourth-order valence-corrected chi connectivity index (χ4v) is 2.18. The summed E-state index contributed by atoms with van der Waals surface area (Å²) < 4.78 is 12.0. The molecule has 1 aliphatic rings. The molecule has 2 N–H and O–H groups in total. The molecule has 0 spiro atoms. The first-order valence-electron chi connectivity index (χ1n) is 5.38. The van der Waals surface area contributed by atoms with E-state index in [0.717, 1.165) is 13.1 Å². The fraction of sp³-hybridized carbons (Fsp3) is 1.00. The van der Waals surface area contributed by atoms with Gasteiger partial charge >= 0.3 is 0 Å². The van der Waals surface area contributed by atoms with Crippen LogP contribution in [0.1, 0.15) is 32.1 Å². The van der Waals surface area contributed by atoms with Gasteiger partial charge in [-0.2, -0.15) is 0 Å². The molecule has 78 valence electrons. The Morgan fingerprint density at radius 1 is 1.23 bits per heavy atom. The third-order valence-electron chi connectivity index (χ3n) is 2.84. The average Bonchev–Trinajstić information content (AvgIpc) is 2.65. The van der Waals surface area contributed by atoms with Crippen LogP contribution in [0.25, 0.3) is 0 Å². The predicted octanol–water partition coefficient (Wildman–Crippen LogP) is 1.55. The van der Waals surface area contributed by atoms with Crippen LogP contribution in [0.5, 0.6) is 0 Å². The van der Waals surface area contributed by atoms with Crippen molar-refractivity contribution in [3.8, 4) is 0 Å². The first-order valence-corrected chi connectivity index (χ1v) is 5.38. The van der Waals surface area contributed by atoms with Crippen LogP contribution in [0.2, 0.25) is 0 Å². The zero-order chi connectivity index (χ0) is 9.52. The minimum Gasteiger partial charge on any atom is -0.329 e. The van der Waals surface area contributed by atoms with Crippen molar-refractivity contribution in [3.05, 3.63) is 0 Å². The topological polar surface area (TPSA) is 29.3 Å². The highest BCUT2D eigenvalue weighted by Gasteiger charge is 2.21. The Labute approximate surface area is 80.3 Å². The summed E-state index contributed by atoms with van der Waals surface area (Å²) in [6, 6.07) is 0.690. The number of hydrogen-bond donors (Lipinski definition) is 1.